The van der Waals surface area contributed by atoms with Crippen molar-refractivity contribution in [3.8, 4) is 6.07 Å². The number of amides is 1. The summed E-state index contributed by atoms with van der Waals surface area (Å²) in [6, 6.07) is 2.00. The lowest BCUT2D eigenvalue weighted by Gasteiger charge is -1.98. The van der Waals surface area contributed by atoms with Gasteiger partial charge in [-0.05, 0) is 18.0 Å². The Morgan fingerprint density at radius 2 is 2.62 bits per heavy atom. The van der Waals surface area contributed by atoms with Gasteiger partial charge >= 0.3 is 0 Å². The molecule has 0 aromatic carbocycles. The molecule has 0 aliphatic heterocycles. The SMILES string of the molecule is N#CCCCNC(=O)c1csnn1. The minimum absolute atomic E-state index is 0.230. The van der Waals surface area contributed by atoms with Crippen LogP contribution in [0.15, 0.2) is 5.38 Å². The summed E-state index contributed by atoms with van der Waals surface area (Å²) in [5.41, 5.74) is 0.335. The molecule has 1 aromatic rings. The maximum Gasteiger partial charge on any atom is 0.272 e. The van der Waals surface area contributed by atoms with Crippen molar-refractivity contribution < 1.29 is 4.79 Å². The van der Waals surface area contributed by atoms with Gasteiger partial charge in [-0.25, -0.2) is 0 Å². The first-order valence-electron chi connectivity index (χ1n) is 3.77. The molecule has 0 unspecified atom stereocenters. The molecule has 0 atom stereocenters. The van der Waals surface area contributed by atoms with E-state index in [-0.39, 0.29) is 5.91 Å². The topological polar surface area (TPSA) is 78.7 Å². The second-order valence-electron chi connectivity index (χ2n) is 2.31. The maximum atomic E-state index is 11.2. The van der Waals surface area contributed by atoms with Crippen LogP contribution in [0.5, 0.6) is 0 Å². The van der Waals surface area contributed by atoms with Gasteiger partial charge in [-0.2, -0.15) is 5.26 Å². The van der Waals surface area contributed by atoms with Crippen LogP contribution in [0, 0.1) is 11.3 Å². The van der Waals surface area contributed by atoms with Gasteiger partial charge in [-0.15, -0.1) is 5.10 Å². The first-order chi connectivity index (χ1) is 6.34. The largest absolute Gasteiger partial charge is 0.351 e. The molecule has 0 bridgehead atoms. The first kappa shape index (κ1) is 9.61. The second-order valence-corrected chi connectivity index (χ2v) is 2.92. The van der Waals surface area contributed by atoms with Gasteiger partial charge in [0, 0.05) is 18.3 Å². The van der Waals surface area contributed by atoms with Gasteiger partial charge in [-0.3, -0.25) is 4.79 Å². The molecule has 1 rings (SSSR count). The van der Waals surface area contributed by atoms with Crippen molar-refractivity contribution in [2.75, 3.05) is 6.54 Å². The van der Waals surface area contributed by atoms with Crippen LogP contribution in [-0.2, 0) is 0 Å². The van der Waals surface area contributed by atoms with Crippen molar-refractivity contribution in [1.82, 2.24) is 14.9 Å². The lowest BCUT2D eigenvalue weighted by atomic mass is 10.3. The predicted molar refractivity (Wildman–Crippen MR) is 47.1 cm³/mol. The molecule has 5 nitrogen and oxygen atoms in total. The smallest absolute Gasteiger partial charge is 0.272 e. The number of carbonyl (C=O) groups excluding carboxylic acids is 1. The van der Waals surface area contributed by atoms with Crippen molar-refractivity contribution in [2.45, 2.75) is 12.8 Å². The summed E-state index contributed by atoms with van der Waals surface area (Å²) in [6.07, 6.45) is 1.12. The molecule has 0 aliphatic carbocycles. The Morgan fingerprint density at radius 3 is 3.23 bits per heavy atom. The normalized spacial score (nSPS) is 9.15. The van der Waals surface area contributed by atoms with Gasteiger partial charge in [-0.1, -0.05) is 4.49 Å². The van der Waals surface area contributed by atoms with E-state index in [1.165, 1.54) is 0 Å². The fraction of sp³-hybridized carbons (Fsp3) is 0.429. The Hall–Kier alpha value is -1.48. The average molecular weight is 196 g/mol. The number of hydrogen-bond donors (Lipinski definition) is 1. The first-order valence-corrected chi connectivity index (χ1v) is 4.60. The molecule has 1 aromatic heterocycles. The number of aromatic nitrogens is 2. The van der Waals surface area contributed by atoms with Crippen LogP contribution < -0.4 is 5.32 Å². The van der Waals surface area contributed by atoms with E-state index in [9.17, 15) is 4.79 Å². The van der Waals surface area contributed by atoms with Crippen molar-refractivity contribution >= 4 is 17.4 Å². The number of nitrogens with zero attached hydrogens (tertiary/aromatic N) is 3. The zero-order valence-corrected chi connectivity index (χ0v) is 7.67. The zero-order chi connectivity index (χ0) is 9.52. The molecule has 1 N–H and O–H groups in total. The second kappa shape index (κ2) is 5.22. The zero-order valence-electron chi connectivity index (χ0n) is 6.86. The fourth-order valence-electron chi connectivity index (χ4n) is 0.723. The number of rotatable bonds is 4. The Kier molecular flexibility index (Phi) is 3.85. The van der Waals surface area contributed by atoms with E-state index < -0.39 is 0 Å². The minimum atomic E-state index is -0.230. The van der Waals surface area contributed by atoms with E-state index in [0.29, 0.717) is 25.1 Å². The quantitative estimate of drug-likeness (QED) is 0.714. The molecule has 0 spiro atoms. The molecule has 0 fully saturated rings. The highest BCUT2D eigenvalue weighted by molar-refractivity contribution is 7.03. The van der Waals surface area contributed by atoms with E-state index in [2.05, 4.69) is 14.9 Å². The van der Waals surface area contributed by atoms with Gasteiger partial charge in [0.2, 0.25) is 0 Å². The standard InChI is InChI=1S/C7H8N4OS/c8-3-1-2-4-9-7(12)6-5-13-11-10-6/h5H,1-2,4H2,(H,9,12). The minimum Gasteiger partial charge on any atom is -0.351 e. The van der Waals surface area contributed by atoms with Crippen molar-refractivity contribution in [3.63, 3.8) is 0 Å². The summed E-state index contributed by atoms with van der Waals surface area (Å²) >= 11 is 1.14. The third kappa shape index (κ3) is 3.17. The third-order valence-corrected chi connectivity index (χ3v) is 1.85. The molecule has 1 amide bonds. The molecule has 6 heteroatoms. The molecule has 0 saturated heterocycles. The summed E-state index contributed by atoms with van der Waals surface area (Å²) in [7, 11) is 0. The number of hydrogen-bond acceptors (Lipinski definition) is 5. The lowest BCUT2D eigenvalue weighted by molar-refractivity contribution is 0.0948. The monoisotopic (exact) mass is 196 g/mol. The van der Waals surface area contributed by atoms with E-state index in [4.69, 9.17) is 5.26 Å². The van der Waals surface area contributed by atoms with E-state index in [1.807, 2.05) is 6.07 Å². The molecule has 1 heterocycles. The molecule has 68 valence electrons. The Morgan fingerprint density at radius 1 is 1.77 bits per heavy atom. The fourth-order valence-corrected chi connectivity index (χ4v) is 1.16. The van der Waals surface area contributed by atoms with Gasteiger partial charge < -0.3 is 5.32 Å². The molecule has 0 aliphatic rings. The van der Waals surface area contributed by atoms with Gasteiger partial charge in [0.1, 0.15) is 0 Å². The Bertz CT molecular complexity index is 303. The summed E-state index contributed by atoms with van der Waals surface area (Å²) < 4.78 is 3.57. The summed E-state index contributed by atoms with van der Waals surface area (Å²) in [6.45, 7) is 0.504. The molecule has 13 heavy (non-hydrogen) atoms. The van der Waals surface area contributed by atoms with E-state index in [0.717, 1.165) is 11.5 Å². The average Bonchev–Trinajstić information content (AvgIpc) is 2.65. The number of carbonyl (C=O) groups is 1. The molecular weight excluding hydrogens is 188 g/mol. The highest BCUT2D eigenvalue weighted by atomic mass is 32.1. The highest BCUT2D eigenvalue weighted by Gasteiger charge is 2.06. The third-order valence-electron chi connectivity index (χ3n) is 1.34. The summed E-state index contributed by atoms with van der Waals surface area (Å²) in [4.78, 5) is 11.2. The molecule has 0 radical (unpaired) electrons. The Labute approximate surface area is 79.5 Å². The maximum absolute atomic E-state index is 11.2. The number of nitrogens with one attached hydrogen (secondary N) is 1. The van der Waals surface area contributed by atoms with Crippen LogP contribution in [0.1, 0.15) is 23.3 Å². The van der Waals surface area contributed by atoms with Crippen molar-refractivity contribution in [1.29, 1.82) is 5.26 Å². The van der Waals surface area contributed by atoms with E-state index >= 15 is 0 Å². The number of unbranched alkanes of at least 4 members (excludes halogenated alkanes) is 1. The highest BCUT2D eigenvalue weighted by Crippen LogP contribution is 1.96. The van der Waals surface area contributed by atoms with Gasteiger partial charge in [0.15, 0.2) is 5.69 Å². The van der Waals surface area contributed by atoms with Crippen LogP contribution in [-0.4, -0.2) is 22.0 Å². The van der Waals surface area contributed by atoms with Crippen LogP contribution in [0.2, 0.25) is 0 Å². The predicted octanol–water partition coefficient (Wildman–Crippen LogP) is 0.572. The number of nitriles is 1. The van der Waals surface area contributed by atoms with Crippen molar-refractivity contribution in [2.24, 2.45) is 0 Å². The summed E-state index contributed by atoms with van der Waals surface area (Å²) in [5.74, 6) is -0.230. The van der Waals surface area contributed by atoms with Crippen LogP contribution in [0.4, 0.5) is 0 Å². The van der Waals surface area contributed by atoms with Crippen LogP contribution in [0.3, 0.4) is 0 Å². The molecular formula is C7H8N4OS. The summed E-state index contributed by atoms with van der Waals surface area (Å²) in [5, 5.41) is 16.1. The van der Waals surface area contributed by atoms with Crippen LogP contribution in [0.25, 0.3) is 0 Å². The van der Waals surface area contributed by atoms with Crippen LogP contribution >= 0.6 is 11.5 Å². The van der Waals surface area contributed by atoms with E-state index in [1.54, 1.807) is 5.38 Å². The van der Waals surface area contributed by atoms with Gasteiger partial charge in [0.05, 0.1) is 6.07 Å². The molecule has 0 saturated carbocycles. The Balaban J connectivity index is 2.24. The lowest BCUT2D eigenvalue weighted by Crippen LogP contribution is -2.24. The van der Waals surface area contributed by atoms with Crippen molar-refractivity contribution in [3.05, 3.63) is 11.1 Å². The van der Waals surface area contributed by atoms with Gasteiger partial charge in [0.25, 0.3) is 5.91 Å².